The van der Waals surface area contributed by atoms with Crippen molar-refractivity contribution in [3.8, 4) is 0 Å². The molecule has 0 amide bonds. The zero-order valence-electron chi connectivity index (χ0n) is 7.98. The smallest absolute Gasteiger partial charge is 0.179 e. The molecule has 1 aliphatic rings. The summed E-state index contributed by atoms with van der Waals surface area (Å²) in [4.78, 5) is 0. The number of rotatable bonds is 2. The van der Waals surface area contributed by atoms with Crippen LogP contribution in [-0.4, -0.2) is 31.3 Å². The van der Waals surface area contributed by atoms with Gasteiger partial charge in [0.15, 0.2) is 5.82 Å². The van der Waals surface area contributed by atoms with Gasteiger partial charge in [-0.15, -0.1) is 5.10 Å². The molecule has 78 valence electrons. The summed E-state index contributed by atoms with van der Waals surface area (Å²) in [5.74, 6) is 0.370. The minimum atomic E-state index is -0.780. The zero-order chi connectivity index (χ0) is 10.0. The third-order valence-corrected chi connectivity index (χ3v) is 2.95. The second-order valence-electron chi connectivity index (χ2n) is 3.98. The Labute approximate surface area is 81.9 Å². The fraction of sp³-hybridized carbons (Fsp3) is 0.875. The Kier molecular flexibility index (Phi) is 2.47. The van der Waals surface area contributed by atoms with Crippen LogP contribution >= 0.6 is 0 Å². The number of hydrogen-bond acceptors (Lipinski definition) is 5. The predicted molar refractivity (Wildman–Crippen MR) is 49.1 cm³/mol. The minimum Gasteiger partial charge on any atom is -0.383 e. The van der Waals surface area contributed by atoms with E-state index in [-0.39, 0.29) is 0 Å². The number of aromatic amines is 1. The van der Waals surface area contributed by atoms with E-state index in [4.69, 9.17) is 5.73 Å². The normalized spacial score (nSPS) is 23.3. The number of aliphatic hydroxyl groups is 1. The van der Waals surface area contributed by atoms with Gasteiger partial charge in [0.25, 0.3) is 0 Å². The van der Waals surface area contributed by atoms with Gasteiger partial charge in [-0.05, 0) is 23.3 Å². The van der Waals surface area contributed by atoms with Gasteiger partial charge < -0.3 is 10.8 Å². The number of hydrogen-bond donors (Lipinski definition) is 3. The molecule has 0 radical (unpaired) electrons. The molecular formula is C8H15N5O. The molecule has 1 fully saturated rings. The van der Waals surface area contributed by atoms with Crippen LogP contribution in [0.15, 0.2) is 0 Å². The Balaban J connectivity index is 2.13. The topological polar surface area (TPSA) is 101 Å². The van der Waals surface area contributed by atoms with Crippen molar-refractivity contribution in [1.29, 1.82) is 0 Å². The van der Waals surface area contributed by atoms with Crippen LogP contribution in [0.5, 0.6) is 0 Å². The molecule has 6 heteroatoms. The van der Waals surface area contributed by atoms with Gasteiger partial charge >= 0.3 is 0 Å². The summed E-state index contributed by atoms with van der Waals surface area (Å²) in [5.41, 5.74) is 5.57. The highest BCUT2D eigenvalue weighted by Crippen LogP contribution is 2.34. The van der Waals surface area contributed by atoms with E-state index in [9.17, 15) is 5.11 Å². The van der Waals surface area contributed by atoms with E-state index in [1.807, 2.05) is 0 Å². The van der Waals surface area contributed by atoms with Gasteiger partial charge in [-0.25, -0.2) is 5.10 Å². The van der Waals surface area contributed by atoms with Crippen LogP contribution in [0, 0.1) is 0 Å². The lowest BCUT2D eigenvalue weighted by atomic mass is 9.78. The Bertz CT molecular complexity index is 280. The van der Waals surface area contributed by atoms with Crippen LogP contribution < -0.4 is 5.73 Å². The highest BCUT2D eigenvalue weighted by atomic mass is 16.3. The van der Waals surface area contributed by atoms with Crippen molar-refractivity contribution < 1.29 is 5.11 Å². The number of tetrazole rings is 1. The number of H-pyrrole nitrogens is 1. The molecule has 4 N–H and O–H groups in total. The second kappa shape index (κ2) is 3.62. The average molecular weight is 197 g/mol. The molecular weight excluding hydrogens is 182 g/mol. The quantitative estimate of drug-likeness (QED) is 0.614. The fourth-order valence-corrected chi connectivity index (χ4v) is 2.04. The average Bonchev–Trinajstić information content (AvgIpc) is 2.70. The van der Waals surface area contributed by atoms with Gasteiger partial charge in [0, 0.05) is 5.54 Å². The Morgan fingerprint density at radius 3 is 2.64 bits per heavy atom. The third-order valence-electron chi connectivity index (χ3n) is 2.95. The predicted octanol–water partition coefficient (Wildman–Crippen LogP) is -0.105. The van der Waals surface area contributed by atoms with E-state index in [2.05, 4.69) is 20.6 Å². The minimum absolute atomic E-state index is 0.370. The standard InChI is InChI=1S/C8H15N5O/c9-8(4-2-1-3-5-8)6(14)7-10-12-13-11-7/h6,14H,1-5,9H2,(H,10,11,12,13). The van der Waals surface area contributed by atoms with Crippen LogP contribution in [0.1, 0.15) is 44.0 Å². The monoisotopic (exact) mass is 197 g/mol. The molecule has 1 aromatic rings. The van der Waals surface area contributed by atoms with E-state index in [0.29, 0.717) is 5.82 Å². The molecule has 1 heterocycles. The lowest BCUT2D eigenvalue weighted by Gasteiger charge is -2.36. The number of aromatic nitrogens is 4. The van der Waals surface area contributed by atoms with E-state index in [1.165, 1.54) is 6.42 Å². The maximum Gasteiger partial charge on any atom is 0.179 e. The first-order valence-corrected chi connectivity index (χ1v) is 4.93. The second-order valence-corrected chi connectivity index (χ2v) is 3.98. The Hall–Kier alpha value is -1.01. The highest BCUT2D eigenvalue weighted by Gasteiger charge is 2.37. The summed E-state index contributed by atoms with van der Waals surface area (Å²) in [6, 6.07) is 0. The molecule has 1 aliphatic carbocycles. The summed E-state index contributed by atoms with van der Waals surface area (Å²) in [7, 11) is 0. The van der Waals surface area contributed by atoms with Gasteiger partial charge in [0.1, 0.15) is 6.10 Å². The van der Waals surface area contributed by atoms with Gasteiger partial charge in [-0.1, -0.05) is 19.3 Å². The van der Waals surface area contributed by atoms with Crippen LogP contribution in [-0.2, 0) is 0 Å². The summed E-state index contributed by atoms with van der Waals surface area (Å²) >= 11 is 0. The Morgan fingerprint density at radius 1 is 1.36 bits per heavy atom. The van der Waals surface area contributed by atoms with Crippen molar-refractivity contribution in [2.24, 2.45) is 5.73 Å². The van der Waals surface area contributed by atoms with Crippen molar-refractivity contribution in [2.75, 3.05) is 0 Å². The molecule has 0 bridgehead atoms. The van der Waals surface area contributed by atoms with E-state index < -0.39 is 11.6 Å². The van der Waals surface area contributed by atoms with Crippen LogP contribution in [0.3, 0.4) is 0 Å². The number of aliphatic hydroxyl groups excluding tert-OH is 1. The van der Waals surface area contributed by atoms with Crippen LogP contribution in [0.4, 0.5) is 0 Å². The van der Waals surface area contributed by atoms with E-state index >= 15 is 0 Å². The fourth-order valence-electron chi connectivity index (χ4n) is 2.04. The molecule has 6 nitrogen and oxygen atoms in total. The SMILES string of the molecule is NC1(C(O)c2nnn[nH]2)CCCCC1. The van der Waals surface area contributed by atoms with Gasteiger partial charge in [0.2, 0.25) is 0 Å². The molecule has 0 saturated heterocycles. The number of nitrogens with one attached hydrogen (secondary N) is 1. The molecule has 1 saturated carbocycles. The third kappa shape index (κ3) is 1.62. The molecule has 0 spiro atoms. The lowest BCUT2D eigenvalue weighted by Crippen LogP contribution is -2.47. The Morgan fingerprint density at radius 2 is 2.07 bits per heavy atom. The number of nitrogens with two attached hydrogens (primary N) is 1. The summed E-state index contributed by atoms with van der Waals surface area (Å²) in [6.45, 7) is 0. The number of nitrogens with zero attached hydrogens (tertiary/aromatic N) is 3. The molecule has 0 aromatic carbocycles. The summed E-state index contributed by atoms with van der Waals surface area (Å²) in [6.07, 6.45) is 4.20. The first-order valence-electron chi connectivity index (χ1n) is 4.93. The van der Waals surface area contributed by atoms with Crippen molar-refractivity contribution in [2.45, 2.75) is 43.7 Å². The van der Waals surface area contributed by atoms with E-state index in [0.717, 1.165) is 25.7 Å². The first kappa shape index (κ1) is 9.54. The summed E-state index contributed by atoms with van der Waals surface area (Å²) < 4.78 is 0. The van der Waals surface area contributed by atoms with Gasteiger partial charge in [-0.3, -0.25) is 0 Å². The van der Waals surface area contributed by atoms with Crippen LogP contribution in [0.25, 0.3) is 0 Å². The van der Waals surface area contributed by atoms with Crippen molar-refractivity contribution in [3.63, 3.8) is 0 Å². The molecule has 1 unspecified atom stereocenters. The highest BCUT2D eigenvalue weighted by molar-refractivity contribution is 5.02. The van der Waals surface area contributed by atoms with Crippen molar-refractivity contribution >= 4 is 0 Å². The van der Waals surface area contributed by atoms with Crippen molar-refractivity contribution in [1.82, 2.24) is 20.6 Å². The van der Waals surface area contributed by atoms with Crippen molar-refractivity contribution in [3.05, 3.63) is 5.82 Å². The van der Waals surface area contributed by atoms with Gasteiger partial charge in [-0.2, -0.15) is 0 Å². The van der Waals surface area contributed by atoms with E-state index in [1.54, 1.807) is 0 Å². The molecule has 1 atom stereocenters. The molecule has 1 aromatic heterocycles. The molecule has 2 rings (SSSR count). The molecule has 14 heavy (non-hydrogen) atoms. The maximum absolute atomic E-state index is 9.99. The zero-order valence-corrected chi connectivity index (χ0v) is 7.98. The molecule has 0 aliphatic heterocycles. The van der Waals surface area contributed by atoms with Gasteiger partial charge in [0.05, 0.1) is 0 Å². The van der Waals surface area contributed by atoms with Crippen LogP contribution in [0.2, 0.25) is 0 Å². The summed E-state index contributed by atoms with van der Waals surface area (Å²) in [5, 5.41) is 23.1. The maximum atomic E-state index is 9.99. The first-order chi connectivity index (χ1) is 6.72. The lowest BCUT2D eigenvalue weighted by molar-refractivity contribution is 0.0518. The largest absolute Gasteiger partial charge is 0.383 e.